The van der Waals surface area contributed by atoms with Gasteiger partial charge in [-0.25, -0.2) is 4.39 Å². The monoisotopic (exact) mass is 223 g/mol. The van der Waals surface area contributed by atoms with Crippen molar-refractivity contribution in [3.8, 4) is 0 Å². The van der Waals surface area contributed by atoms with Crippen molar-refractivity contribution < 1.29 is 19.1 Å². The zero-order chi connectivity index (χ0) is 12.1. The molecule has 0 aliphatic rings. The fourth-order valence-corrected chi connectivity index (χ4v) is 1.18. The minimum Gasteiger partial charge on any atom is -0.481 e. The van der Waals surface area contributed by atoms with Crippen molar-refractivity contribution in [3.63, 3.8) is 0 Å². The van der Waals surface area contributed by atoms with E-state index in [2.05, 4.69) is 0 Å². The molecule has 0 saturated heterocycles. The third kappa shape index (κ3) is 3.20. The minimum absolute atomic E-state index is 0.156. The van der Waals surface area contributed by atoms with Crippen LogP contribution < -0.4 is 5.73 Å². The van der Waals surface area contributed by atoms with E-state index in [9.17, 15) is 14.0 Å². The molecule has 0 aliphatic heterocycles. The van der Waals surface area contributed by atoms with Crippen molar-refractivity contribution >= 4 is 18.0 Å². The number of rotatable bonds is 4. The van der Waals surface area contributed by atoms with Crippen LogP contribution in [0.5, 0.6) is 0 Å². The number of nitrogens with two attached hydrogens (primary N) is 1. The van der Waals surface area contributed by atoms with E-state index in [1.165, 1.54) is 18.2 Å². The molecular formula is C11H10FNO3. The molecule has 4 nitrogen and oxygen atoms in total. The van der Waals surface area contributed by atoms with E-state index in [1.807, 2.05) is 0 Å². The Bertz CT molecular complexity index is 455. The molecule has 84 valence electrons. The Kier molecular flexibility index (Phi) is 3.77. The topological polar surface area (TPSA) is 80.4 Å². The molecule has 5 heteroatoms. The summed E-state index contributed by atoms with van der Waals surface area (Å²) in [6.45, 7) is 0. The smallest absolute Gasteiger partial charge is 0.307 e. The number of primary amides is 1. The predicted molar refractivity (Wildman–Crippen MR) is 56.2 cm³/mol. The van der Waals surface area contributed by atoms with E-state index < -0.39 is 17.7 Å². The summed E-state index contributed by atoms with van der Waals surface area (Å²) < 4.78 is 12.9. The number of carboxylic acid groups (broad SMARTS) is 1. The van der Waals surface area contributed by atoms with Crippen molar-refractivity contribution in [1.82, 2.24) is 0 Å². The van der Waals surface area contributed by atoms with Crippen molar-refractivity contribution in [1.29, 1.82) is 0 Å². The molecule has 0 bridgehead atoms. The fourth-order valence-electron chi connectivity index (χ4n) is 1.18. The lowest BCUT2D eigenvalue weighted by Gasteiger charge is -2.01. The molecule has 1 aromatic carbocycles. The number of carbonyl (C=O) groups is 2. The van der Waals surface area contributed by atoms with Crippen LogP contribution >= 0.6 is 0 Å². The van der Waals surface area contributed by atoms with Gasteiger partial charge in [-0.3, -0.25) is 9.59 Å². The highest BCUT2D eigenvalue weighted by atomic mass is 19.1. The predicted octanol–water partition coefficient (Wildman–Crippen LogP) is 1.41. The van der Waals surface area contributed by atoms with Crippen molar-refractivity contribution in [2.45, 2.75) is 6.42 Å². The highest BCUT2D eigenvalue weighted by molar-refractivity contribution is 5.96. The molecule has 0 aliphatic carbocycles. The Morgan fingerprint density at radius 2 is 2.12 bits per heavy atom. The third-order valence-corrected chi connectivity index (χ3v) is 1.87. The molecule has 0 saturated carbocycles. The number of amides is 1. The van der Waals surface area contributed by atoms with Gasteiger partial charge in [0.2, 0.25) is 5.91 Å². The van der Waals surface area contributed by atoms with Gasteiger partial charge in [-0.15, -0.1) is 0 Å². The summed E-state index contributed by atoms with van der Waals surface area (Å²) in [7, 11) is 0. The number of hydrogen-bond donors (Lipinski definition) is 2. The van der Waals surface area contributed by atoms with Crippen LogP contribution in [0.2, 0.25) is 0 Å². The molecule has 1 amide bonds. The molecule has 1 rings (SSSR count). The lowest BCUT2D eigenvalue weighted by molar-refractivity contribution is -0.135. The summed E-state index contributed by atoms with van der Waals surface area (Å²) in [5, 5.41) is 8.41. The fraction of sp³-hybridized carbons (Fsp3) is 0.0909. The second-order valence-electron chi connectivity index (χ2n) is 3.10. The quantitative estimate of drug-likeness (QED) is 0.809. The maximum absolute atomic E-state index is 12.9. The second-order valence-corrected chi connectivity index (χ2v) is 3.10. The van der Waals surface area contributed by atoms with Gasteiger partial charge in [0.25, 0.3) is 0 Å². The van der Waals surface area contributed by atoms with Crippen LogP contribution in [0.1, 0.15) is 22.3 Å². The maximum atomic E-state index is 12.9. The molecule has 0 radical (unpaired) electrons. The van der Waals surface area contributed by atoms with Gasteiger partial charge in [0.15, 0.2) is 0 Å². The van der Waals surface area contributed by atoms with Gasteiger partial charge in [0.1, 0.15) is 5.82 Å². The van der Waals surface area contributed by atoms with Crippen LogP contribution in [-0.2, 0) is 4.79 Å². The summed E-state index contributed by atoms with van der Waals surface area (Å²) in [4.78, 5) is 21.2. The van der Waals surface area contributed by atoms with E-state index in [4.69, 9.17) is 10.8 Å². The summed E-state index contributed by atoms with van der Waals surface area (Å²) in [5.41, 5.74) is 5.51. The average molecular weight is 223 g/mol. The first kappa shape index (κ1) is 11.9. The van der Waals surface area contributed by atoms with Crippen molar-refractivity contribution in [2.75, 3.05) is 0 Å². The molecule has 0 atom stereocenters. The van der Waals surface area contributed by atoms with E-state index in [1.54, 1.807) is 0 Å². The first-order valence-electron chi connectivity index (χ1n) is 4.48. The van der Waals surface area contributed by atoms with E-state index in [-0.39, 0.29) is 17.5 Å². The van der Waals surface area contributed by atoms with Gasteiger partial charge < -0.3 is 10.8 Å². The zero-order valence-corrected chi connectivity index (χ0v) is 8.31. The Hall–Kier alpha value is -2.17. The molecule has 0 heterocycles. The third-order valence-electron chi connectivity index (χ3n) is 1.87. The highest BCUT2D eigenvalue weighted by Gasteiger charge is 2.06. The Morgan fingerprint density at radius 3 is 2.69 bits per heavy atom. The van der Waals surface area contributed by atoms with Crippen LogP contribution in [0.3, 0.4) is 0 Å². The van der Waals surface area contributed by atoms with Gasteiger partial charge in [-0.1, -0.05) is 12.2 Å². The van der Waals surface area contributed by atoms with Crippen molar-refractivity contribution in [2.24, 2.45) is 5.73 Å². The molecular weight excluding hydrogens is 213 g/mol. The normalized spacial score (nSPS) is 10.6. The lowest BCUT2D eigenvalue weighted by Crippen LogP contribution is -2.12. The molecule has 0 aromatic heterocycles. The van der Waals surface area contributed by atoms with Gasteiger partial charge in [0, 0.05) is 5.56 Å². The number of benzene rings is 1. The Balaban J connectivity index is 3.01. The SMILES string of the molecule is NC(=O)c1ccc(F)cc1C=CCC(=O)O. The van der Waals surface area contributed by atoms with Crippen LogP contribution in [-0.4, -0.2) is 17.0 Å². The molecule has 0 spiro atoms. The van der Waals surface area contributed by atoms with E-state index >= 15 is 0 Å². The van der Waals surface area contributed by atoms with Crippen LogP contribution in [0.4, 0.5) is 4.39 Å². The number of aliphatic carboxylic acids is 1. The van der Waals surface area contributed by atoms with Gasteiger partial charge in [-0.2, -0.15) is 0 Å². The summed E-state index contributed by atoms with van der Waals surface area (Å²) in [6, 6.07) is 3.51. The molecule has 16 heavy (non-hydrogen) atoms. The van der Waals surface area contributed by atoms with Gasteiger partial charge in [0.05, 0.1) is 6.42 Å². The van der Waals surface area contributed by atoms with Crippen LogP contribution in [0, 0.1) is 5.82 Å². The summed E-state index contributed by atoms with van der Waals surface area (Å²) in [6.07, 6.45) is 2.48. The maximum Gasteiger partial charge on any atom is 0.307 e. The second kappa shape index (κ2) is 5.06. The largest absolute Gasteiger partial charge is 0.481 e. The lowest BCUT2D eigenvalue weighted by atomic mass is 10.1. The number of carboxylic acids is 1. The minimum atomic E-state index is -1.01. The van der Waals surface area contributed by atoms with Gasteiger partial charge in [-0.05, 0) is 23.8 Å². The first-order chi connectivity index (χ1) is 7.50. The van der Waals surface area contributed by atoms with E-state index in [0.29, 0.717) is 0 Å². The molecule has 1 aromatic rings. The van der Waals surface area contributed by atoms with Crippen LogP contribution in [0.25, 0.3) is 6.08 Å². The summed E-state index contributed by atoms with van der Waals surface area (Å²) in [5.74, 6) is -2.21. The number of hydrogen-bond acceptors (Lipinski definition) is 2. The number of halogens is 1. The summed E-state index contributed by atoms with van der Waals surface area (Å²) >= 11 is 0. The number of carbonyl (C=O) groups excluding carboxylic acids is 1. The molecule has 0 fully saturated rings. The average Bonchev–Trinajstić information content (AvgIpc) is 2.16. The molecule has 3 N–H and O–H groups in total. The van der Waals surface area contributed by atoms with Gasteiger partial charge >= 0.3 is 5.97 Å². The Morgan fingerprint density at radius 1 is 1.44 bits per heavy atom. The van der Waals surface area contributed by atoms with Crippen molar-refractivity contribution in [3.05, 3.63) is 41.2 Å². The van der Waals surface area contributed by atoms with E-state index in [0.717, 1.165) is 12.1 Å². The zero-order valence-electron chi connectivity index (χ0n) is 8.31. The molecule has 0 unspecified atom stereocenters. The van der Waals surface area contributed by atoms with Crippen LogP contribution in [0.15, 0.2) is 24.3 Å². The standard InChI is InChI=1S/C11H10FNO3/c12-8-4-5-9(11(13)16)7(6-8)2-1-3-10(14)15/h1-2,4-6H,3H2,(H2,13,16)(H,14,15). The highest BCUT2D eigenvalue weighted by Crippen LogP contribution is 2.13. The Labute approximate surface area is 91.2 Å². The first-order valence-corrected chi connectivity index (χ1v) is 4.48.